The molecule has 0 aliphatic carbocycles. The van der Waals surface area contributed by atoms with E-state index in [4.69, 9.17) is 16.3 Å². The van der Waals surface area contributed by atoms with Gasteiger partial charge in [0.15, 0.2) is 5.78 Å². The molecule has 0 radical (unpaired) electrons. The van der Waals surface area contributed by atoms with Crippen LogP contribution in [0.4, 0.5) is 0 Å². The van der Waals surface area contributed by atoms with Crippen molar-refractivity contribution in [3.8, 4) is 5.75 Å². The van der Waals surface area contributed by atoms with Gasteiger partial charge in [0.05, 0.1) is 27.2 Å². The zero-order valence-corrected chi connectivity index (χ0v) is 17.4. The highest BCUT2D eigenvalue weighted by molar-refractivity contribution is 6.31. The van der Waals surface area contributed by atoms with Crippen LogP contribution in [0.2, 0.25) is 5.02 Å². The lowest BCUT2D eigenvalue weighted by molar-refractivity contribution is -0.890. The van der Waals surface area contributed by atoms with Crippen LogP contribution < -0.4 is 15.0 Å². The van der Waals surface area contributed by atoms with E-state index in [1.54, 1.807) is 24.3 Å². The van der Waals surface area contributed by atoms with Gasteiger partial charge < -0.3 is 15.0 Å². The Kier molecular flexibility index (Phi) is 8.48. The minimum absolute atomic E-state index is 0.0412. The minimum atomic E-state index is -0.141. The molecule has 2 aromatic carbocycles. The van der Waals surface area contributed by atoms with Gasteiger partial charge in [-0.2, -0.15) is 0 Å². The Balaban J connectivity index is 1.85. The van der Waals surface area contributed by atoms with Crippen molar-refractivity contribution in [3.05, 3.63) is 64.7 Å². The number of benzene rings is 2. The number of nitrogens with one attached hydrogen (secondary N) is 2. The van der Waals surface area contributed by atoms with E-state index in [0.717, 1.165) is 11.3 Å². The molecule has 0 bridgehead atoms. The standard InChI is InChI=1S/C22H27ClN2O3/c1-4-28-17-11-9-16(10-12-17)21(26)13-14-22(27)24-15-20(25(2)3)18-7-5-6-8-19(18)23/h5-12,20H,4,13-15H2,1-3H3,(H,24,27)/p+1/t20-/m0/s1. The minimum Gasteiger partial charge on any atom is -0.494 e. The number of carbonyl (C=O) groups is 2. The van der Waals surface area contributed by atoms with Crippen LogP contribution in [-0.4, -0.2) is 38.9 Å². The lowest BCUT2D eigenvalue weighted by atomic mass is 10.0. The van der Waals surface area contributed by atoms with Gasteiger partial charge in [0.25, 0.3) is 0 Å². The van der Waals surface area contributed by atoms with E-state index < -0.39 is 0 Å². The number of likely N-dealkylation sites (N-methyl/N-ethyl adjacent to an activating group) is 1. The highest BCUT2D eigenvalue weighted by atomic mass is 35.5. The zero-order valence-electron chi connectivity index (χ0n) is 16.6. The average molecular weight is 404 g/mol. The maximum Gasteiger partial charge on any atom is 0.220 e. The van der Waals surface area contributed by atoms with Crippen molar-refractivity contribution in [3.63, 3.8) is 0 Å². The fourth-order valence-corrected chi connectivity index (χ4v) is 3.23. The number of Topliss-reactive ketones (excluding diaryl/α,β-unsaturated/α-hetero) is 1. The normalized spacial score (nSPS) is 11.9. The first-order valence-corrected chi connectivity index (χ1v) is 9.87. The Morgan fingerprint density at radius 1 is 1.07 bits per heavy atom. The first-order valence-electron chi connectivity index (χ1n) is 9.49. The SMILES string of the molecule is CCOc1ccc(C(=O)CCC(=O)NC[C@@H](c2ccccc2Cl)[NH+](C)C)cc1. The molecule has 5 nitrogen and oxygen atoms in total. The van der Waals surface area contributed by atoms with E-state index in [2.05, 4.69) is 5.32 Å². The van der Waals surface area contributed by atoms with Crippen molar-refractivity contribution in [2.24, 2.45) is 0 Å². The molecule has 28 heavy (non-hydrogen) atoms. The van der Waals surface area contributed by atoms with Crippen molar-refractivity contribution in [2.45, 2.75) is 25.8 Å². The molecule has 2 aromatic rings. The fraction of sp³-hybridized carbons (Fsp3) is 0.364. The summed E-state index contributed by atoms with van der Waals surface area (Å²) in [5.74, 6) is 0.533. The van der Waals surface area contributed by atoms with Crippen LogP contribution in [0.25, 0.3) is 0 Å². The molecule has 2 N–H and O–H groups in total. The Morgan fingerprint density at radius 2 is 1.75 bits per heavy atom. The van der Waals surface area contributed by atoms with Gasteiger partial charge in [-0.3, -0.25) is 9.59 Å². The number of rotatable bonds is 10. The van der Waals surface area contributed by atoms with E-state index in [1.807, 2.05) is 45.3 Å². The topological polar surface area (TPSA) is 59.8 Å². The molecule has 0 fully saturated rings. The number of hydrogen-bond acceptors (Lipinski definition) is 3. The van der Waals surface area contributed by atoms with Gasteiger partial charge in [-0.15, -0.1) is 0 Å². The molecule has 0 aliphatic heterocycles. The van der Waals surface area contributed by atoms with Crippen LogP contribution >= 0.6 is 11.6 Å². The van der Waals surface area contributed by atoms with Gasteiger partial charge in [0.1, 0.15) is 11.8 Å². The van der Waals surface area contributed by atoms with Crippen molar-refractivity contribution < 1.29 is 19.2 Å². The Bertz CT molecular complexity index is 791. The van der Waals surface area contributed by atoms with Crippen molar-refractivity contribution >= 4 is 23.3 Å². The third-order valence-electron chi connectivity index (χ3n) is 4.55. The number of amides is 1. The van der Waals surface area contributed by atoms with E-state index in [9.17, 15) is 9.59 Å². The van der Waals surface area contributed by atoms with Crippen molar-refractivity contribution in [2.75, 3.05) is 27.2 Å². The largest absolute Gasteiger partial charge is 0.494 e. The smallest absolute Gasteiger partial charge is 0.220 e. The molecule has 0 saturated heterocycles. The lowest BCUT2D eigenvalue weighted by Gasteiger charge is -2.23. The van der Waals surface area contributed by atoms with Crippen LogP contribution in [0, 0.1) is 0 Å². The van der Waals surface area contributed by atoms with Crippen LogP contribution in [0.5, 0.6) is 5.75 Å². The maximum absolute atomic E-state index is 12.3. The Hall–Kier alpha value is -2.37. The first kappa shape index (κ1) is 21.9. The van der Waals surface area contributed by atoms with Gasteiger partial charge in [-0.05, 0) is 37.3 Å². The molecular formula is C22H28ClN2O3+. The number of hydrogen-bond donors (Lipinski definition) is 2. The van der Waals surface area contributed by atoms with Crippen LogP contribution in [0.3, 0.4) is 0 Å². The monoisotopic (exact) mass is 403 g/mol. The Labute approximate surface area is 171 Å². The predicted octanol–water partition coefficient (Wildman–Crippen LogP) is 2.70. The summed E-state index contributed by atoms with van der Waals surface area (Å²) in [5, 5.41) is 3.62. The summed E-state index contributed by atoms with van der Waals surface area (Å²) in [6, 6.07) is 14.7. The third-order valence-corrected chi connectivity index (χ3v) is 4.89. The van der Waals surface area contributed by atoms with Crippen LogP contribution in [-0.2, 0) is 4.79 Å². The first-order chi connectivity index (χ1) is 13.4. The second-order valence-corrected chi connectivity index (χ2v) is 7.24. The van der Waals surface area contributed by atoms with E-state index >= 15 is 0 Å². The van der Waals surface area contributed by atoms with E-state index in [0.29, 0.717) is 23.7 Å². The molecule has 0 spiro atoms. The molecule has 0 aromatic heterocycles. The molecule has 2 rings (SSSR count). The number of quaternary nitrogens is 1. The molecule has 150 valence electrons. The number of ketones is 1. The summed E-state index contributed by atoms with van der Waals surface area (Å²) in [6.07, 6.45) is 0.329. The molecule has 1 amide bonds. The fourth-order valence-electron chi connectivity index (χ4n) is 2.96. The highest BCUT2D eigenvalue weighted by Crippen LogP contribution is 2.20. The third kappa shape index (κ3) is 6.36. The molecule has 1 atom stereocenters. The zero-order chi connectivity index (χ0) is 20.5. The Morgan fingerprint density at radius 3 is 2.36 bits per heavy atom. The molecular weight excluding hydrogens is 376 g/mol. The second-order valence-electron chi connectivity index (χ2n) is 6.84. The molecule has 0 aliphatic rings. The quantitative estimate of drug-likeness (QED) is 0.599. The van der Waals surface area contributed by atoms with Gasteiger partial charge in [0.2, 0.25) is 5.91 Å². The summed E-state index contributed by atoms with van der Waals surface area (Å²) in [7, 11) is 4.05. The van der Waals surface area contributed by atoms with Gasteiger partial charge in [0, 0.05) is 29.0 Å². The summed E-state index contributed by atoms with van der Waals surface area (Å²) in [6.45, 7) is 2.95. The van der Waals surface area contributed by atoms with Crippen molar-refractivity contribution in [1.82, 2.24) is 5.32 Å². The van der Waals surface area contributed by atoms with Crippen LogP contribution in [0.15, 0.2) is 48.5 Å². The maximum atomic E-state index is 12.3. The van der Waals surface area contributed by atoms with Gasteiger partial charge in [-0.1, -0.05) is 29.8 Å². The van der Waals surface area contributed by atoms with Crippen molar-refractivity contribution in [1.29, 1.82) is 0 Å². The number of halogens is 1. The number of carbonyl (C=O) groups excluding carboxylic acids is 2. The second kappa shape index (κ2) is 10.8. The van der Waals surface area contributed by atoms with Gasteiger partial charge >= 0.3 is 0 Å². The molecule has 0 unspecified atom stereocenters. The van der Waals surface area contributed by atoms with E-state index in [-0.39, 0.29) is 30.6 Å². The predicted molar refractivity (Wildman–Crippen MR) is 111 cm³/mol. The van der Waals surface area contributed by atoms with Gasteiger partial charge in [-0.25, -0.2) is 0 Å². The van der Waals surface area contributed by atoms with Crippen LogP contribution in [0.1, 0.15) is 41.7 Å². The molecule has 0 saturated carbocycles. The summed E-state index contributed by atoms with van der Waals surface area (Å²) < 4.78 is 5.37. The summed E-state index contributed by atoms with van der Waals surface area (Å²) >= 11 is 6.30. The highest BCUT2D eigenvalue weighted by Gasteiger charge is 2.21. The average Bonchev–Trinajstić information content (AvgIpc) is 2.68. The summed E-state index contributed by atoms with van der Waals surface area (Å²) in [4.78, 5) is 25.7. The van der Waals surface area contributed by atoms with E-state index in [1.165, 1.54) is 4.90 Å². The lowest BCUT2D eigenvalue weighted by Crippen LogP contribution is -3.07. The molecule has 6 heteroatoms. The molecule has 0 heterocycles. The number of ether oxygens (including phenoxy) is 1. The summed E-state index contributed by atoms with van der Waals surface area (Å²) in [5.41, 5.74) is 1.58.